The molecule has 1 aliphatic heterocycles. The van der Waals surface area contributed by atoms with E-state index in [1.54, 1.807) is 4.31 Å². The van der Waals surface area contributed by atoms with E-state index in [9.17, 15) is 13.2 Å². The maximum Gasteiger partial charge on any atom is 0.228 e. The van der Waals surface area contributed by atoms with Gasteiger partial charge in [0.15, 0.2) is 0 Å². The van der Waals surface area contributed by atoms with Crippen molar-refractivity contribution < 1.29 is 13.2 Å². The summed E-state index contributed by atoms with van der Waals surface area (Å²) in [5.74, 6) is 0.823. The highest BCUT2D eigenvalue weighted by Crippen LogP contribution is 2.46. The van der Waals surface area contributed by atoms with Crippen LogP contribution in [0.15, 0.2) is 24.3 Å². The second-order valence-electron chi connectivity index (χ2n) is 7.95. The van der Waals surface area contributed by atoms with Gasteiger partial charge in [0.1, 0.15) is 5.82 Å². The number of rotatable bonds is 4. The number of hydrogen-bond acceptors (Lipinski definition) is 4. The average molecular weight is 405 g/mol. The molecule has 0 radical (unpaired) electrons. The number of nitrogens with zero attached hydrogens (tertiary/aromatic N) is 3. The van der Waals surface area contributed by atoms with Gasteiger partial charge in [0.25, 0.3) is 0 Å². The van der Waals surface area contributed by atoms with Crippen LogP contribution in [-0.2, 0) is 28.4 Å². The first-order valence-corrected chi connectivity index (χ1v) is 11.7. The zero-order chi connectivity index (χ0) is 19.9. The Morgan fingerprint density at radius 3 is 2.82 bits per heavy atom. The Hall–Kier alpha value is -1.93. The average Bonchev–Trinajstić information content (AvgIpc) is 3.01. The number of amides is 1. The molecule has 0 bridgehead atoms. The van der Waals surface area contributed by atoms with Crippen LogP contribution in [0.25, 0.3) is 11.0 Å². The summed E-state index contributed by atoms with van der Waals surface area (Å²) in [4.78, 5) is 18.0. The van der Waals surface area contributed by atoms with Gasteiger partial charge in [-0.15, -0.1) is 0 Å². The molecule has 1 aromatic heterocycles. The molecule has 8 heteroatoms. The van der Waals surface area contributed by atoms with Crippen molar-refractivity contribution in [2.24, 2.45) is 12.5 Å². The molecule has 2 fully saturated rings. The third kappa shape index (κ3) is 3.03. The highest BCUT2D eigenvalue weighted by Gasteiger charge is 2.54. The lowest BCUT2D eigenvalue weighted by Gasteiger charge is -2.50. The zero-order valence-electron chi connectivity index (χ0n) is 16.5. The highest BCUT2D eigenvalue weighted by atomic mass is 32.2. The third-order valence-electron chi connectivity index (χ3n) is 6.55. The van der Waals surface area contributed by atoms with E-state index in [0.717, 1.165) is 42.5 Å². The van der Waals surface area contributed by atoms with Crippen molar-refractivity contribution in [3.05, 3.63) is 30.1 Å². The van der Waals surface area contributed by atoms with Gasteiger partial charge in [0.2, 0.25) is 15.9 Å². The molecule has 2 atom stereocenters. The van der Waals surface area contributed by atoms with Gasteiger partial charge >= 0.3 is 0 Å². The van der Waals surface area contributed by atoms with Crippen LogP contribution < -0.4 is 5.32 Å². The maximum atomic E-state index is 13.4. The molecule has 1 amide bonds. The second-order valence-corrected chi connectivity index (χ2v) is 9.99. The molecular formula is C20H28N4O3S. The van der Waals surface area contributed by atoms with Crippen LogP contribution in [0.3, 0.4) is 0 Å². The normalized spacial score (nSPS) is 27.4. The van der Waals surface area contributed by atoms with E-state index >= 15 is 0 Å². The largest absolute Gasteiger partial charge is 0.348 e. The SMILES string of the molecule is CCN1[C@@H]2CCCC[C@@]2(C(=O)NCc2nc3ccccc3n2C)CCS1(=O)=O. The van der Waals surface area contributed by atoms with Crippen LogP contribution in [0, 0.1) is 5.41 Å². The van der Waals surface area contributed by atoms with Crippen LogP contribution >= 0.6 is 0 Å². The topological polar surface area (TPSA) is 84.3 Å². The first-order chi connectivity index (χ1) is 13.4. The quantitative estimate of drug-likeness (QED) is 0.846. The first-order valence-electron chi connectivity index (χ1n) is 10.1. The van der Waals surface area contributed by atoms with Gasteiger partial charge in [-0.25, -0.2) is 13.4 Å². The molecule has 1 aliphatic carbocycles. The number of aromatic nitrogens is 2. The van der Waals surface area contributed by atoms with Gasteiger partial charge in [0, 0.05) is 19.6 Å². The fourth-order valence-corrected chi connectivity index (χ4v) is 6.98. The van der Waals surface area contributed by atoms with Gasteiger partial charge in [-0.2, -0.15) is 4.31 Å². The van der Waals surface area contributed by atoms with Crippen molar-refractivity contribution in [3.63, 3.8) is 0 Å². The van der Waals surface area contributed by atoms with Crippen molar-refractivity contribution in [2.45, 2.75) is 51.6 Å². The number of sulfonamides is 1. The number of benzene rings is 1. The first kappa shape index (κ1) is 19.4. The van der Waals surface area contributed by atoms with Crippen LogP contribution in [0.5, 0.6) is 0 Å². The number of para-hydroxylation sites is 2. The number of carbonyl (C=O) groups excluding carboxylic acids is 1. The number of hydrogen-bond donors (Lipinski definition) is 1. The van der Waals surface area contributed by atoms with Crippen molar-refractivity contribution in [3.8, 4) is 0 Å². The van der Waals surface area contributed by atoms with Crippen molar-refractivity contribution in [2.75, 3.05) is 12.3 Å². The highest BCUT2D eigenvalue weighted by molar-refractivity contribution is 7.89. The maximum absolute atomic E-state index is 13.4. The minimum atomic E-state index is -3.27. The smallest absolute Gasteiger partial charge is 0.228 e. The van der Waals surface area contributed by atoms with Crippen molar-refractivity contribution in [1.82, 2.24) is 19.2 Å². The summed E-state index contributed by atoms with van der Waals surface area (Å²) in [5.41, 5.74) is 1.31. The van der Waals surface area contributed by atoms with Crippen molar-refractivity contribution in [1.29, 1.82) is 0 Å². The minimum Gasteiger partial charge on any atom is -0.348 e. The Morgan fingerprint density at radius 2 is 2.07 bits per heavy atom. The predicted octanol–water partition coefficient (Wildman–Crippen LogP) is 2.17. The van der Waals surface area contributed by atoms with Gasteiger partial charge in [-0.05, 0) is 31.4 Å². The summed E-state index contributed by atoms with van der Waals surface area (Å²) in [6, 6.07) is 7.66. The molecule has 1 N–H and O–H groups in total. The molecule has 2 aliphatic rings. The van der Waals surface area contributed by atoms with Gasteiger partial charge in [-0.1, -0.05) is 31.9 Å². The third-order valence-corrected chi connectivity index (χ3v) is 8.50. The summed E-state index contributed by atoms with van der Waals surface area (Å²) in [7, 11) is -1.32. The van der Waals surface area contributed by atoms with Crippen LogP contribution in [-0.4, -0.2) is 46.5 Å². The molecular weight excluding hydrogens is 376 g/mol. The number of imidazole rings is 1. The van der Waals surface area contributed by atoms with E-state index in [1.165, 1.54) is 0 Å². The Balaban J connectivity index is 1.58. The molecule has 2 aromatic rings. The summed E-state index contributed by atoms with van der Waals surface area (Å²) in [5, 5.41) is 3.09. The molecule has 0 unspecified atom stereocenters. The van der Waals surface area contributed by atoms with E-state index in [2.05, 4.69) is 10.3 Å². The number of fused-ring (bicyclic) bond motifs is 2. The van der Waals surface area contributed by atoms with Crippen LogP contribution in [0.4, 0.5) is 0 Å². The number of aryl methyl sites for hydroxylation is 1. The molecule has 2 heterocycles. The summed E-state index contributed by atoms with van der Waals surface area (Å²) in [6.07, 6.45) is 3.85. The predicted molar refractivity (Wildman–Crippen MR) is 108 cm³/mol. The molecule has 1 saturated carbocycles. The molecule has 0 spiro atoms. The Morgan fingerprint density at radius 1 is 1.29 bits per heavy atom. The molecule has 28 heavy (non-hydrogen) atoms. The standard InChI is InChI=1S/C20H28N4O3S/c1-3-24-17-10-6-7-11-20(17,12-13-28(24,26)27)19(25)21-14-18-22-15-8-4-5-9-16(15)23(18)2/h4-5,8-9,17H,3,6-7,10-14H2,1-2H3,(H,21,25)/t17-,20-/m1/s1. The number of nitrogens with one attached hydrogen (secondary N) is 1. The van der Waals surface area contributed by atoms with E-state index in [0.29, 0.717) is 19.5 Å². The van der Waals surface area contributed by atoms with Gasteiger partial charge in [0.05, 0.1) is 28.7 Å². The number of carbonyl (C=O) groups is 1. The van der Waals surface area contributed by atoms with E-state index in [-0.39, 0.29) is 17.7 Å². The fraction of sp³-hybridized carbons (Fsp3) is 0.600. The molecule has 7 nitrogen and oxygen atoms in total. The Labute approximate surface area is 166 Å². The summed E-state index contributed by atoms with van der Waals surface area (Å²) in [6.45, 7) is 2.63. The molecule has 1 saturated heterocycles. The van der Waals surface area contributed by atoms with E-state index in [4.69, 9.17) is 0 Å². The van der Waals surface area contributed by atoms with Crippen LogP contribution in [0.2, 0.25) is 0 Å². The van der Waals surface area contributed by atoms with E-state index in [1.807, 2.05) is 42.8 Å². The lowest BCUT2D eigenvalue weighted by molar-refractivity contribution is -0.137. The fourth-order valence-electron chi connectivity index (χ4n) is 5.04. The monoisotopic (exact) mass is 404 g/mol. The van der Waals surface area contributed by atoms with Gasteiger partial charge < -0.3 is 9.88 Å². The summed E-state index contributed by atoms with van der Waals surface area (Å²) < 4.78 is 28.6. The Bertz CT molecular complexity index is 1000. The minimum absolute atomic E-state index is 0.0300. The summed E-state index contributed by atoms with van der Waals surface area (Å²) >= 11 is 0. The van der Waals surface area contributed by atoms with E-state index < -0.39 is 15.4 Å². The zero-order valence-corrected chi connectivity index (χ0v) is 17.3. The lowest BCUT2D eigenvalue weighted by atomic mass is 9.67. The molecule has 4 rings (SSSR count). The molecule has 1 aromatic carbocycles. The van der Waals surface area contributed by atoms with Gasteiger partial charge in [-0.3, -0.25) is 4.79 Å². The lowest BCUT2D eigenvalue weighted by Crippen LogP contribution is -2.62. The van der Waals surface area contributed by atoms with Crippen LogP contribution in [0.1, 0.15) is 44.9 Å². The van der Waals surface area contributed by atoms with Crippen molar-refractivity contribution >= 4 is 27.0 Å². The Kier molecular flexibility index (Phi) is 4.95. The molecule has 152 valence electrons. The second kappa shape index (κ2) is 7.15.